The molecule has 1 N–H and O–H groups in total. The van der Waals surface area contributed by atoms with E-state index >= 15 is 0 Å². The fourth-order valence-electron chi connectivity index (χ4n) is 3.50. The van der Waals surface area contributed by atoms with Crippen LogP contribution in [0.3, 0.4) is 0 Å². The van der Waals surface area contributed by atoms with Crippen molar-refractivity contribution in [3.05, 3.63) is 83.3 Å². The zero-order valence-electron chi connectivity index (χ0n) is 17.5. The van der Waals surface area contributed by atoms with Crippen LogP contribution in [0.5, 0.6) is 5.75 Å². The Bertz CT molecular complexity index is 1050. The van der Waals surface area contributed by atoms with Gasteiger partial charge in [0.1, 0.15) is 12.4 Å². The summed E-state index contributed by atoms with van der Waals surface area (Å²) in [4.78, 5) is 29.0. The number of rotatable bonds is 7. The number of carbonyl (C=O) groups is 2. The van der Waals surface area contributed by atoms with Gasteiger partial charge in [-0.05, 0) is 48.5 Å². The molecule has 4 rings (SSSR count). The normalized spacial score (nSPS) is 14.2. The highest BCUT2D eigenvalue weighted by molar-refractivity contribution is 6.32. The van der Waals surface area contributed by atoms with Gasteiger partial charge in [-0.1, -0.05) is 23.7 Å². The summed E-state index contributed by atoms with van der Waals surface area (Å²) in [6.07, 6.45) is 1.45. The lowest BCUT2D eigenvalue weighted by molar-refractivity contribution is 0.0620. The Morgan fingerprint density at radius 2 is 1.72 bits per heavy atom. The number of benzene rings is 2. The molecule has 0 unspecified atom stereocenters. The van der Waals surface area contributed by atoms with Gasteiger partial charge in [-0.3, -0.25) is 14.5 Å². The minimum atomic E-state index is -0.330. The van der Waals surface area contributed by atoms with E-state index in [9.17, 15) is 9.59 Å². The fourth-order valence-corrected chi connectivity index (χ4v) is 3.69. The van der Waals surface area contributed by atoms with Crippen molar-refractivity contribution in [2.45, 2.75) is 0 Å². The molecule has 32 heavy (non-hydrogen) atoms. The first-order chi connectivity index (χ1) is 15.6. The molecule has 0 radical (unpaired) electrons. The van der Waals surface area contributed by atoms with Crippen molar-refractivity contribution in [2.24, 2.45) is 0 Å². The predicted molar refractivity (Wildman–Crippen MR) is 122 cm³/mol. The summed E-state index contributed by atoms with van der Waals surface area (Å²) in [7, 11) is 0. The molecule has 1 aliphatic rings. The first kappa shape index (κ1) is 21.9. The molecule has 1 aromatic heterocycles. The third-order valence-corrected chi connectivity index (χ3v) is 5.61. The highest BCUT2D eigenvalue weighted by Crippen LogP contribution is 2.23. The van der Waals surface area contributed by atoms with E-state index in [-0.39, 0.29) is 17.6 Å². The van der Waals surface area contributed by atoms with Crippen molar-refractivity contribution in [1.82, 2.24) is 9.80 Å². The number of piperazine rings is 1. The van der Waals surface area contributed by atoms with Crippen LogP contribution in [0.4, 0.5) is 5.69 Å². The van der Waals surface area contributed by atoms with Crippen LogP contribution in [0, 0.1) is 0 Å². The topological polar surface area (TPSA) is 75.0 Å². The Kier molecular flexibility index (Phi) is 7.09. The van der Waals surface area contributed by atoms with Crippen LogP contribution < -0.4 is 10.1 Å². The van der Waals surface area contributed by atoms with Crippen LogP contribution in [0.1, 0.15) is 20.9 Å². The Morgan fingerprint density at radius 3 is 2.41 bits per heavy atom. The quantitative estimate of drug-likeness (QED) is 0.584. The van der Waals surface area contributed by atoms with Gasteiger partial charge in [0.2, 0.25) is 0 Å². The van der Waals surface area contributed by atoms with Gasteiger partial charge in [0.05, 0.1) is 11.3 Å². The molecule has 2 heterocycles. The minimum Gasteiger partial charge on any atom is -0.491 e. The number of furan rings is 1. The summed E-state index contributed by atoms with van der Waals surface area (Å²) < 4.78 is 10.8. The molecule has 2 aromatic carbocycles. The van der Waals surface area contributed by atoms with Crippen LogP contribution in [-0.4, -0.2) is 60.9 Å². The smallest absolute Gasteiger partial charge is 0.291 e. The molecule has 0 saturated carbocycles. The number of halogens is 1. The summed E-state index contributed by atoms with van der Waals surface area (Å²) in [5.41, 5.74) is 1.20. The lowest BCUT2D eigenvalue weighted by Gasteiger charge is -2.34. The number of carbonyl (C=O) groups excluding carboxylic acids is 2. The zero-order valence-corrected chi connectivity index (χ0v) is 18.3. The van der Waals surface area contributed by atoms with E-state index in [4.69, 9.17) is 20.8 Å². The molecule has 166 valence electrons. The van der Waals surface area contributed by atoms with Crippen molar-refractivity contribution < 1.29 is 18.7 Å². The summed E-state index contributed by atoms with van der Waals surface area (Å²) >= 11 is 6.11. The van der Waals surface area contributed by atoms with Gasteiger partial charge >= 0.3 is 0 Å². The second-order valence-electron chi connectivity index (χ2n) is 7.42. The highest BCUT2D eigenvalue weighted by atomic mass is 35.5. The highest BCUT2D eigenvalue weighted by Gasteiger charge is 2.22. The molecule has 0 aliphatic carbocycles. The van der Waals surface area contributed by atoms with Crippen molar-refractivity contribution in [3.63, 3.8) is 0 Å². The van der Waals surface area contributed by atoms with Crippen LogP contribution in [0.15, 0.2) is 71.3 Å². The summed E-state index contributed by atoms with van der Waals surface area (Å²) in [6.45, 7) is 4.20. The predicted octanol–water partition coefficient (Wildman–Crippen LogP) is 4.02. The first-order valence-corrected chi connectivity index (χ1v) is 10.8. The number of nitrogens with one attached hydrogen (secondary N) is 1. The molecule has 7 nitrogen and oxygen atoms in total. The van der Waals surface area contributed by atoms with E-state index in [0.717, 1.165) is 19.6 Å². The van der Waals surface area contributed by atoms with Crippen molar-refractivity contribution in [1.29, 1.82) is 0 Å². The largest absolute Gasteiger partial charge is 0.491 e. The Hall–Kier alpha value is -3.29. The van der Waals surface area contributed by atoms with E-state index in [2.05, 4.69) is 10.2 Å². The number of hydrogen-bond donors (Lipinski definition) is 1. The molecule has 0 bridgehead atoms. The maximum atomic E-state index is 12.8. The van der Waals surface area contributed by atoms with Crippen LogP contribution in [-0.2, 0) is 0 Å². The van der Waals surface area contributed by atoms with Gasteiger partial charge in [-0.2, -0.15) is 0 Å². The lowest BCUT2D eigenvalue weighted by atomic mass is 10.1. The fraction of sp³-hybridized carbons (Fsp3) is 0.250. The molecule has 1 fully saturated rings. The number of para-hydroxylation sites is 1. The monoisotopic (exact) mass is 453 g/mol. The Labute approximate surface area is 191 Å². The van der Waals surface area contributed by atoms with E-state index in [1.165, 1.54) is 6.26 Å². The van der Waals surface area contributed by atoms with Crippen LogP contribution in [0.25, 0.3) is 0 Å². The van der Waals surface area contributed by atoms with Crippen LogP contribution in [0.2, 0.25) is 5.02 Å². The van der Waals surface area contributed by atoms with Gasteiger partial charge in [0.15, 0.2) is 5.76 Å². The standard InChI is InChI=1S/C24H24ClN3O4/c25-20-4-1-2-5-21(20)32-17-15-27-11-13-28(14-12-27)24(30)18-7-9-19(10-8-18)26-23(29)22-6-3-16-31-22/h1-10,16H,11-15,17H2,(H,26,29). The molecular formula is C24H24ClN3O4. The lowest BCUT2D eigenvalue weighted by Crippen LogP contribution is -2.49. The molecule has 1 saturated heterocycles. The molecule has 0 atom stereocenters. The second kappa shape index (κ2) is 10.3. The van der Waals surface area contributed by atoms with Gasteiger partial charge in [0, 0.05) is 44.0 Å². The summed E-state index contributed by atoms with van der Waals surface area (Å²) in [6, 6.07) is 17.6. The number of anilines is 1. The Balaban J connectivity index is 1.22. The second-order valence-corrected chi connectivity index (χ2v) is 7.83. The van der Waals surface area contributed by atoms with Crippen LogP contribution >= 0.6 is 11.6 Å². The third-order valence-electron chi connectivity index (χ3n) is 5.30. The summed E-state index contributed by atoms with van der Waals surface area (Å²) in [5.74, 6) is 0.580. The molecule has 0 spiro atoms. The average molecular weight is 454 g/mol. The van der Waals surface area contributed by atoms with E-state index in [1.54, 1.807) is 42.5 Å². The van der Waals surface area contributed by atoms with Crippen molar-refractivity contribution in [2.75, 3.05) is 44.6 Å². The number of ether oxygens (including phenoxy) is 1. The van der Waals surface area contributed by atoms with Gasteiger partial charge < -0.3 is 19.4 Å². The van der Waals surface area contributed by atoms with Gasteiger partial charge in [-0.15, -0.1) is 0 Å². The van der Waals surface area contributed by atoms with E-state index in [0.29, 0.717) is 41.7 Å². The molecule has 8 heteroatoms. The average Bonchev–Trinajstić information content (AvgIpc) is 3.36. The third kappa shape index (κ3) is 5.49. The molecule has 2 amide bonds. The van der Waals surface area contributed by atoms with Crippen molar-refractivity contribution >= 4 is 29.1 Å². The Morgan fingerprint density at radius 1 is 0.969 bits per heavy atom. The number of amides is 2. The molecular weight excluding hydrogens is 430 g/mol. The SMILES string of the molecule is O=C(Nc1ccc(C(=O)N2CCN(CCOc3ccccc3Cl)CC2)cc1)c1ccco1. The maximum Gasteiger partial charge on any atom is 0.291 e. The number of nitrogens with zero attached hydrogens (tertiary/aromatic N) is 2. The zero-order chi connectivity index (χ0) is 22.3. The molecule has 3 aromatic rings. The summed E-state index contributed by atoms with van der Waals surface area (Å²) in [5, 5.41) is 3.35. The maximum absolute atomic E-state index is 12.8. The van der Waals surface area contributed by atoms with E-state index in [1.807, 2.05) is 23.1 Å². The van der Waals surface area contributed by atoms with Crippen molar-refractivity contribution in [3.8, 4) is 5.75 Å². The molecule has 1 aliphatic heterocycles. The van der Waals surface area contributed by atoms with Gasteiger partial charge in [-0.25, -0.2) is 0 Å². The van der Waals surface area contributed by atoms with Gasteiger partial charge in [0.25, 0.3) is 11.8 Å². The minimum absolute atomic E-state index is 0.0131. The first-order valence-electron chi connectivity index (χ1n) is 10.4. The van der Waals surface area contributed by atoms with E-state index < -0.39 is 0 Å². The number of hydrogen-bond acceptors (Lipinski definition) is 5.